The molecule has 0 aliphatic rings. The number of nitrogens with zero attached hydrogens (tertiary/aromatic N) is 1. The smallest absolute Gasteiger partial charge is 0.216 e. The minimum absolute atomic E-state index is 0.0341. The van der Waals surface area contributed by atoms with Gasteiger partial charge in [0.15, 0.2) is 0 Å². The predicted octanol–water partition coefficient (Wildman–Crippen LogP) is 0.421. The molecule has 0 saturated carbocycles. The Morgan fingerprint density at radius 3 is 2.32 bits per heavy atom. The number of carbonyl (C=O) groups is 1. The summed E-state index contributed by atoms with van der Waals surface area (Å²) in [5, 5.41) is 9.61. The molecule has 0 aromatic heterocycles. The molecule has 0 aliphatic carbocycles. The highest BCUT2D eigenvalue weighted by Gasteiger charge is 2.04. The van der Waals surface area contributed by atoms with Crippen molar-refractivity contribution >= 4 is 5.91 Å². The molecule has 3 N–H and O–H groups in total. The van der Waals surface area contributed by atoms with Gasteiger partial charge in [-0.2, -0.15) is 0 Å². The molecule has 5 heteroatoms. The molecule has 0 fully saturated rings. The summed E-state index contributed by atoms with van der Waals surface area (Å²) in [4.78, 5) is 13.0. The van der Waals surface area contributed by atoms with Gasteiger partial charge in [0, 0.05) is 45.2 Å². The number of nitrogens with one attached hydrogen (secondary N) is 3. The Bertz CT molecular complexity index is 233. The molecule has 5 nitrogen and oxygen atoms in total. The maximum Gasteiger partial charge on any atom is 0.216 e. The number of hydrogen-bond acceptors (Lipinski definition) is 4. The van der Waals surface area contributed by atoms with Crippen LogP contribution in [-0.4, -0.2) is 62.7 Å². The second-order valence-electron chi connectivity index (χ2n) is 5.54. The maximum atomic E-state index is 10.7. The molecule has 1 amide bonds. The van der Waals surface area contributed by atoms with E-state index in [-0.39, 0.29) is 5.91 Å². The van der Waals surface area contributed by atoms with Crippen LogP contribution in [0.1, 0.15) is 34.1 Å². The highest BCUT2D eigenvalue weighted by atomic mass is 16.1. The normalized spacial score (nSPS) is 13.0. The summed E-state index contributed by atoms with van der Waals surface area (Å²) < 4.78 is 0. The van der Waals surface area contributed by atoms with Gasteiger partial charge in [0.05, 0.1) is 0 Å². The molecule has 0 heterocycles. The first-order valence-electron chi connectivity index (χ1n) is 7.31. The second-order valence-corrected chi connectivity index (χ2v) is 5.54. The molecule has 1 unspecified atom stereocenters. The third-order valence-electron chi connectivity index (χ3n) is 2.98. The summed E-state index contributed by atoms with van der Waals surface area (Å²) in [5.74, 6) is 0.0341. The SMILES string of the molecule is CC(=O)NCCNC(C)CCN(C)CCNC(C)C. The van der Waals surface area contributed by atoms with Gasteiger partial charge in [0.25, 0.3) is 0 Å². The number of rotatable bonds is 11. The molecule has 0 rings (SSSR count). The zero-order valence-corrected chi connectivity index (χ0v) is 13.3. The van der Waals surface area contributed by atoms with E-state index in [9.17, 15) is 4.79 Å². The van der Waals surface area contributed by atoms with Crippen LogP contribution in [0.25, 0.3) is 0 Å². The van der Waals surface area contributed by atoms with Crippen molar-refractivity contribution in [1.82, 2.24) is 20.9 Å². The Morgan fingerprint density at radius 1 is 1.05 bits per heavy atom. The Labute approximate surface area is 118 Å². The van der Waals surface area contributed by atoms with Crippen molar-refractivity contribution in [3.63, 3.8) is 0 Å². The summed E-state index contributed by atoms with van der Waals surface area (Å²) >= 11 is 0. The van der Waals surface area contributed by atoms with Gasteiger partial charge in [0.1, 0.15) is 0 Å². The van der Waals surface area contributed by atoms with Crippen LogP contribution >= 0.6 is 0 Å². The number of likely N-dealkylation sites (N-methyl/N-ethyl adjacent to an activating group) is 1. The Hall–Kier alpha value is -0.650. The third kappa shape index (κ3) is 13.6. The van der Waals surface area contributed by atoms with Gasteiger partial charge in [-0.05, 0) is 26.9 Å². The van der Waals surface area contributed by atoms with Crippen LogP contribution in [-0.2, 0) is 4.79 Å². The lowest BCUT2D eigenvalue weighted by Gasteiger charge is -2.21. The fourth-order valence-electron chi connectivity index (χ4n) is 1.73. The lowest BCUT2D eigenvalue weighted by Crippen LogP contribution is -2.38. The molecule has 0 saturated heterocycles. The van der Waals surface area contributed by atoms with E-state index in [4.69, 9.17) is 0 Å². The molecule has 0 aliphatic heterocycles. The summed E-state index contributed by atoms with van der Waals surface area (Å²) in [5.41, 5.74) is 0. The van der Waals surface area contributed by atoms with Crippen LogP contribution < -0.4 is 16.0 Å². The van der Waals surface area contributed by atoms with Gasteiger partial charge in [-0.1, -0.05) is 13.8 Å². The molecular weight excluding hydrogens is 240 g/mol. The van der Waals surface area contributed by atoms with Crippen LogP contribution in [0.5, 0.6) is 0 Å². The number of carbonyl (C=O) groups excluding carboxylic acids is 1. The van der Waals surface area contributed by atoms with E-state index < -0.39 is 0 Å². The van der Waals surface area contributed by atoms with Gasteiger partial charge < -0.3 is 20.9 Å². The monoisotopic (exact) mass is 272 g/mol. The minimum atomic E-state index is 0.0341. The molecule has 0 aromatic rings. The van der Waals surface area contributed by atoms with Crippen molar-refractivity contribution in [1.29, 1.82) is 0 Å². The third-order valence-corrected chi connectivity index (χ3v) is 2.98. The van der Waals surface area contributed by atoms with E-state index in [2.05, 4.69) is 48.7 Å². The number of amides is 1. The Kier molecular flexibility index (Phi) is 10.8. The molecule has 0 aromatic carbocycles. The second kappa shape index (κ2) is 11.2. The average molecular weight is 272 g/mol. The highest BCUT2D eigenvalue weighted by Crippen LogP contribution is 1.93. The van der Waals surface area contributed by atoms with E-state index in [1.54, 1.807) is 6.92 Å². The topological polar surface area (TPSA) is 56.4 Å². The largest absolute Gasteiger partial charge is 0.355 e. The molecule has 1 atom stereocenters. The van der Waals surface area contributed by atoms with Crippen molar-refractivity contribution in [2.75, 3.05) is 39.8 Å². The van der Waals surface area contributed by atoms with E-state index >= 15 is 0 Å². The zero-order chi connectivity index (χ0) is 14.7. The van der Waals surface area contributed by atoms with Gasteiger partial charge >= 0.3 is 0 Å². The first-order valence-corrected chi connectivity index (χ1v) is 7.31. The van der Waals surface area contributed by atoms with E-state index in [0.717, 1.165) is 32.6 Å². The van der Waals surface area contributed by atoms with Crippen molar-refractivity contribution in [3.8, 4) is 0 Å². The minimum Gasteiger partial charge on any atom is -0.355 e. The summed E-state index contributed by atoms with van der Waals surface area (Å²) in [6.07, 6.45) is 1.12. The molecule has 114 valence electrons. The summed E-state index contributed by atoms with van der Waals surface area (Å²) in [6, 6.07) is 1.04. The van der Waals surface area contributed by atoms with Crippen molar-refractivity contribution in [2.24, 2.45) is 0 Å². The fraction of sp³-hybridized carbons (Fsp3) is 0.929. The lowest BCUT2D eigenvalue weighted by molar-refractivity contribution is -0.118. The maximum absolute atomic E-state index is 10.7. The molecule has 0 radical (unpaired) electrons. The Balaban J connectivity index is 3.44. The van der Waals surface area contributed by atoms with Crippen LogP contribution in [0, 0.1) is 0 Å². The van der Waals surface area contributed by atoms with E-state index in [1.807, 2.05) is 0 Å². The fourth-order valence-corrected chi connectivity index (χ4v) is 1.73. The van der Waals surface area contributed by atoms with E-state index in [1.165, 1.54) is 0 Å². The quantitative estimate of drug-likeness (QED) is 0.477. The molecule has 0 bridgehead atoms. The van der Waals surface area contributed by atoms with Gasteiger partial charge in [-0.25, -0.2) is 0 Å². The number of hydrogen-bond donors (Lipinski definition) is 3. The van der Waals surface area contributed by atoms with Crippen molar-refractivity contribution < 1.29 is 4.79 Å². The summed E-state index contributed by atoms with van der Waals surface area (Å²) in [7, 11) is 2.16. The van der Waals surface area contributed by atoms with E-state index in [0.29, 0.717) is 18.6 Å². The van der Waals surface area contributed by atoms with Gasteiger partial charge in [-0.15, -0.1) is 0 Å². The van der Waals surface area contributed by atoms with Crippen LogP contribution in [0.2, 0.25) is 0 Å². The zero-order valence-electron chi connectivity index (χ0n) is 13.3. The average Bonchev–Trinajstić information content (AvgIpc) is 2.31. The van der Waals surface area contributed by atoms with Gasteiger partial charge in [0.2, 0.25) is 5.91 Å². The van der Waals surface area contributed by atoms with Crippen LogP contribution in [0.15, 0.2) is 0 Å². The lowest BCUT2D eigenvalue weighted by atomic mass is 10.2. The first-order chi connectivity index (χ1) is 8.91. The first kappa shape index (κ1) is 18.4. The van der Waals surface area contributed by atoms with Crippen LogP contribution in [0.4, 0.5) is 0 Å². The molecule has 0 spiro atoms. The molecular formula is C14H32N4O. The van der Waals surface area contributed by atoms with Crippen LogP contribution in [0.3, 0.4) is 0 Å². The Morgan fingerprint density at radius 2 is 1.74 bits per heavy atom. The molecule has 19 heavy (non-hydrogen) atoms. The predicted molar refractivity (Wildman–Crippen MR) is 81.4 cm³/mol. The van der Waals surface area contributed by atoms with Crippen molar-refractivity contribution in [3.05, 3.63) is 0 Å². The van der Waals surface area contributed by atoms with Crippen molar-refractivity contribution in [2.45, 2.75) is 46.2 Å². The standard InChI is InChI=1S/C14H32N4O/c1-12(2)15-9-11-18(5)10-6-13(3)16-7-8-17-14(4)19/h12-13,15-16H,6-11H2,1-5H3,(H,17,19). The van der Waals surface area contributed by atoms with Gasteiger partial charge in [-0.3, -0.25) is 4.79 Å². The highest BCUT2D eigenvalue weighted by molar-refractivity contribution is 5.72. The summed E-state index contributed by atoms with van der Waals surface area (Å²) in [6.45, 7) is 12.8.